The van der Waals surface area contributed by atoms with Crippen LogP contribution in [0.25, 0.3) is 0 Å². The number of ether oxygens (including phenoxy) is 2. The van der Waals surface area contributed by atoms with Gasteiger partial charge in [0, 0.05) is 6.54 Å². The highest BCUT2D eigenvalue weighted by molar-refractivity contribution is 5.67. The van der Waals surface area contributed by atoms with Crippen LogP contribution in [0.4, 0.5) is 4.79 Å². The van der Waals surface area contributed by atoms with Crippen LogP contribution < -0.4 is 10.1 Å². The van der Waals surface area contributed by atoms with E-state index in [4.69, 9.17) is 19.5 Å². The highest BCUT2D eigenvalue weighted by Crippen LogP contribution is 2.12. The summed E-state index contributed by atoms with van der Waals surface area (Å²) in [6.45, 7) is 5.07. The zero-order valence-corrected chi connectivity index (χ0v) is 15.5. The van der Waals surface area contributed by atoms with Gasteiger partial charge in [-0.15, -0.1) is 0 Å². The summed E-state index contributed by atoms with van der Waals surface area (Å²) < 4.78 is 10.6. The minimum atomic E-state index is -0.681. The summed E-state index contributed by atoms with van der Waals surface area (Å²) in [6, 6.07) is 7.18. The molecule has 11 nitrogen and oxygen atoms in total. The first-order valence-corrected chi connectivity index (χ1v) is 8.02. The lowest BCUT2D eigenvalue weighted by Gasteiger charge is -2.19. The van der Waals surface area contributed by atoms with Crippen LogP contribution in [0, 0.1) is 0 Å². The van der Waals surface area contributed by atoms with Crippen molar-refractivity contribution in [1.82, 2.24) is 5.32 Å². The number of rotatable bonds is 13. The van der Waals surface area contributed by atoms with Crippen LogP contribution in [0.15, 0.2) is 24.3 Å². The van der Waals surface area contributed by atoms with Gasteiger partial charge in [0.2, 0.25) is 6.79 Å². The number of aliphatic hydroxyl groups is 1. The molecular weight excluding hydrogens is 366 g/mol. The Labute approximate surface area is 156 Å². The smallest absolute Gasteiger partial charge is 0.407 e. The fourth-order valence-corrected chi connectivity index (χ4v) is 1.58. The highest BCUT2D eigenvalue weighted by atomic mass is 17.7. The Bertz CT molecular complexity index is 517. The predicted molar refractivity (Wildman–Crippen MR) is 88.3 cm³/mol. The monoisotopic (exact) mass is 391 g/mol. The predicted octanol–water partition coefficient (Wildman–Crippen LogP) is 1.76. The summed E-state index contributed by atoms with van der Waals surface area (Å²) in [6.07, 6.45) is -0.471. The lowest BCUT2D eigenvalue weighted by Crippen LogP contribution is -2.32. The van der Waals surface area contributed by atoms with Crippen molar-refractivity contribution in [3.8, 4) is 5.75 Å². The van der Waals surface area contributed by atoms with Crippen LogP contribution >= 0.6 is 0 Å². The van der Waals surface area contributed by atoms with Crippen LogP contribution in [0.2, 0.25) is 0 Å². The summed E-state index contributed by atoms with van der Waals surface area (Å²) in [5, 5.41) is 18.7. The molecule has 0 saturated carbocycles. The molecule has 0 aromatic heterocycles. The van der Waals surface area contributed by atoms with Crippen LogP contribution in [0.5, 0.6) is 5.75 Å². The summed E-state index contributed by atoms with van der Waals surface area (Å²) >= 11 is 0. The number of carbonyl (C=O) groups excluding carboxylic acids is 1. The molecule has 0 aliphatic rings. The highest BCUT2D eigenvalue weighted by Gasteiger charge is 2.15. The van der Waals surface area contributed by atoms with Crippen LogP contribution in [0.3, 0.4) is 0 Å². The largest absolute Gasteiger partial charge is 0.491 e. The third-order valence-electron chi connectivity index (χ3n) is 2.55. The van der Waals surface area contributed by atoms with Crippen molar-refractivity contribution in [2.24, 2.45) is 0 Å². The van der Waals surface area contributed by atoms with Crippen molar-refractivity contribution in [2.45, 2.75) is 32.9 Å². The third-order valence-corrected chi connectivity index (χ3v) is 2.55. The second-order valence-corrected chi connectivity index (χ2v) is 5.91. The Hall–Kier alpha value is -1.99. The van der Waals surface area contributed by atoms with E-state index in [1.165, 1.54) is 0 Å². The fraction of sp³-hybridized carbons (Fsp3) is 0.562. The quantitative estimate of drug-likeness (QED) is 0.222. The summed E-state index contributed by atoms with van der Waals surface area (Å²) in [5.41, 5.74) is 0.367. The number of amides is 1. The molecule has 0 spiro atoms. The second-order valence-electron chi connectivity index (χ2n) is 5.91. The van der Waals surface area contributed by atoms with Crippen molar-refractivity contribution >= 4 is 6.09 Å². The van der Waals surface area contributed by atoms with Gasteiger partial charge in [-0.25, -0.2) is 14.6 Å². The molecule has 0 unspecified atom stereocenters. The molecular formula is C16H25NO10. The minimum Gasteiger partial charge on any atom is -0.491 e. The zero-order valence-electron chi connectivity index (χ0n) is 15.5. The second kappa shape index (κ2) is 13.2. The Balaban J connectivity index is 2.08. The van der Waals surface area contributed by atoms with Crippen LogP contribution in [-0.2, 0) is 40.9 Å². The molecule has 0 aliphatic heterocycles. The lowest BCUT2D eigenvalue weighted by atomic mass is 10.2. The minimum absolute atomic E-state index is 0.138. The molecule has 2 N–H and O–H groups in total. The van der Waals surface area contributed by atoms with E-state index in [0.717, 1.165) is 5.56 Å². The van der Waals surface area contributed by atoms with E-state index in [1.807, 2.05) is 12.1 Å². The first-order chi connectivity index (χ1) is 12.9. The van der Waals surface area contributed by atoms with E-state index < -0.39 is 18.5 Å². The standard InChI is InChI=1S/C16H25NO10/c1-16(2,3)25-15(19)17-10-13-4-6-14(7-5-13)20-8-9-21-23-12-24-27-26-22-11-18/h4-7,18H,8-12H2,1-3H3,(H,17,19). The van der Waals surface area contributed by atoms with Gasteiger partial charge in [-0.05, 0) is 48.5 Å². The Kier molecular flexibility index (Phi) is 11.3. The van der Waals surface area contributed by atoms with Gasteiger partial charge >= 0.3 is 6.09 Å². The maximum atomic E-state index is 11.6. The lowest BCUT2D eigenvalue weighted by molar-refractivity contribution is -0.654. The van der Waals surface area contributed by atoms with E-state index in [9.17, 15) is 4.79 Å². The number of hydrogen-bond donors (Lipinski definition) is 2. The molecule has 154 valence electrons. The molecule has 0 saturated heterocycles. The average molecular weight is 391 g/mol. The number of hydrogen-bond acceptors (Lipinski definition) is 10. The number of alkyl carbamates (subject to hydrolysis) is 1. The first-order valence-electron chi connectivity index (χ1n) is 8.02. The number of benzene rings is 1. The van der Waals surface area contributed by atoms with Crippen LogP contribution in [-0.4, -0.2) is 43.6 Å². The Morgan fingerprint density at radius 3 is 2.37 bits per heavy atom. The molecule has 11 heteroatoms. The van der Waals surface area contributed by atoms with Gasteiger partial charge in [0.25, 0.3) is 0 Å². The number of nitrogens with one attached hydrogen (secondary N) is 1. The van der Waals surface area contributed by atoms with Gasteiger partial charge in [-0.3, -0.25) is 0 Å². The fourth-order valence-electron chi connectivity index (χ4n) is 1.58. The summed E-state index contributed by atoms with van der Waals surface area (Å²) in [4.78, 5) is 29.2. The number of carbonyl (C=O) groups is 1. The third kappa shape index (κ3) is 12.9. The van der Waals surface area contributed by atoms with Crippen molar-refractivity contribution in [3.63, 3.8) is 0 Å². The molecule has 0 radical (unpaired) electrons. The molecule has 0 atom stereocenters. The molecule has 27 heavy (non-hydrogen) atoms. The molecule has 0 bridgehead atoms. The van der Waals surface area contributed by atoms with Crippen molar-refractivity contribution < 1.29 is 49.0 Å². The van der Waals surface area contributed by atoms with E-state index in [-0.39, 0.29) is 20.0 Å². The van der Waals surface area contributed by atoms with Gasteiger partial charge in [-0.1, -0.05) is 12.1 Å². The van der Waals surface area contributed by atoms with Gasteiger partial charge in [0.1, 0.15) is 24.6 Å². The SMILES string of the molecule is CC(C)(C)OC(=O)NCc1ccc(OCCOOCOOOOCO)cc1. The van der Waals surface area contributed by atoms with Gasteiger partial charge < -0.3 is 19.9 Å². The van der Waals surface area contributed by atoms with Gasteiger partial charge in [0.05, 0.1) is 0 Å². The molecule has 0 aliphatic carbocycles. The van der Waals surface area contributed by atoms with E-state index in [2.05, 4.69) is 30.1 Å². The normalized spacial score (nSPS) is 11.3. The Morgan fingerprint density at radius 1 is 1.00 bits per heavy atom. The topological polar surface area (TPSA) is 123 Å². The number of aliphatic hydroxyl groups excluding tert-OH is 1. The molecule has 1 aromatic carbocycles. The van der Waals surface area contributed by atoms with Gasteiger partial charge in [0.15, 0.2) is 6.79 Å². The summed E-state index contributed by atoms with van der Waals surface area (Å²) in [7, 11) is 0. The van der Waals surface area contributed by atoms with Crippen molar-refractivity contribution in [2.75, 3.05) is 26.8 Å². The maximum absolute atomic E-state index is 11.6. The van der Waals surface area contributed by atoms with Crippen molar-refractivity contribution in [3.05, 3.63) is 29.8 Å². The van der Waals surface area contributed by atoms with E-state index in [1.54, 1.807) is 32.9 Å². The molecule has 1 amide bonds. The molecule has 0 fully saturated rings. The van der Waals surface area contributed by atoms with E-state index in [0.29, 0.717) is 12.3 Å². The molecule has 1 rings (SSSR count). The molecule has 1 aromatic rings. The van der Waals surface area contributed by atoms with Crippen LogP contribution in [0.1, 0.15) is 26.3 Å². The van der Waals surface area contributed by atoms with Crippen molar-refractivity contribution in [1.29, 1.82) is 0 Å². The molecule has 0 heterocycles. The first kappa shape index (κ1) is 23.0. The average Bonchev–Trinajstić information content (AvgIpc) is 2.61. The van der Waals surface area contributed by atoms with E-state index >= 15 is 0 Å². The maximum Gasteiger partial charge on any atom is 0.407 e. The van der Waals surface area contributed by atoms with Gasteiger partial charge in [-0.2, -0.15) is 9.78 Å². The summed E-state index contributed by atoms with van der Waals surface area (Å²) in [5.74, 6) is 0.633. The zero-order chi connectivity index (χ0) is 20.0. The Morgan fingerprint density at radius 2 is 1.70 bits per heavy atom.